The molecule has 10 heteroatoms. The fourth-order valence-corrected chi connectivity index (χ4v) is 3.03. The fraction of sp³-hybridized carbons (Fsp3) is 0.278. The predicted molar refractivity (Wildman–Crippen MR) is 104 cm³/mol. The van der Waals surface area contributed by atoms with Gasteiger partial charge in [-0.3, -0.25) is 4.79 Å². The number of benzene rings is 1. The summed E-state index contributed by atoms with van der Waals surface area (Å²) in [7, 11) is 1.62. The van der Waals surface area contributed by atoms with Crippen molar-refractivity contribution in [2.45, 2.75) is 13.2 Å². The number of carbonyl (C=O) groups is 1. The maximum atomic E-state index is 11.8. The van der Waals surface area contributed by atoms with Gasteiger partial charge in [0, 0.05) is 24.5 Å². The van der Waals surface area contributed by atoms with Crippen molar-refractivity contribution in [3.8, 4) is 11.5 Å². The second-order valence-electron chi connectivity index (χ2n) is 5.78. The number of thiophene rings is 1. The first-order valence-electron chi connectivity index (χ1n) is 8.56. The predicted octanol–water partition coefficient (Wildman–Crippen LogP) is 1.82. The van der Waals surface area contributed by atoms with Crippen LogP contribution in [0.2, 0.25) is 0 Å². The summed E-state index contributed by atoms with van der Waals surface area (Å²) in [5, 5.41) is 14.8. The van der Waals surface area contributed by atoms with Crippen molar-refractivity contribution in [1.82, 2.24) is 20.9 Å². The van der Waals surface area contributed by atoms with Gasteiger partial charge in [-0.25, -0.2) is 4.63 Å². The zero-order chi connectivity index (χ0) is 19.8. The van der Waals surface area contributed by atoms with Gasteiger partial charge in [-0.05, 0) is 39.5 Å². The van der Waals surface area contributed by atoms with Crippen molar-refractivity contribution in [1.29, 1.82) is 0 Å². The van der Waals surface area contributed by atoms with E-state index in [0.717, 1.165) is 10.4 Å². The van der Waals surface area contributed by atoms with Crippen LogP contribution < -0.4 is 25.8 Å². The van der Waals surface area contributed by atoms with E-state index in [1.165, 1.54) is 0 Å². The SMILES string of the molecule is COc1cc(CNCCNC(=O)c2nonc2N)ccc1OCc1cccs1. The molecule has 0 saturated carbocycles. The van der Waals surface area contributed by atoms with Crippen LogP contribution in [0.25, 0.3) is 0 Å². The van der Waals surface area contributed by atoms with Gasteiger partial charge in [-0.15, -0.1) is 11.3 Å². The van der Waals surface area contributed by atoms with E-state index in [1.807, 2.05) is 35.7 Å². The number of rotatable bonds is 10. The van der Waals surface area contributed by atoms with Gasteiger partial charge < -0.3 is 25.8 Å². The van der Waals surface area contributed by atoms with Crippen molar-refractivity contribution in [3.63, 3.8) is 0 Å². The Morgan fingerprint density at radius 1 is 1.25 bits per heavy atom. The van der Waals surface area contributed by atoms with Crippen LogP contribution in [0, 0.1) is 0 Å². The van der Waals surface area contributed by atoms with E-state index in [9.17, 15) is 4.79 Å². The molecule has 0 unspecified atom stereocenters. The largest absolute Gasteiger partial charge is 0.493 e. The molecule has 0 bridgehead atoms. The number of methoxy groups -OCH3 is 1. The molecule has 0 radical (unpaired) electrons. The summed E-state index contributed by atoms with van der Waals surface area (Å²) in [6.07, 6.45) is 0. The minimum Gasteiger partial charge on any atom is -0.493 e. The molecular formula is C18H21N5O4S. The maximum Gasteiger partial charge on any atom is 0.277 e. The Hall–Kier alpha value is -3.11. The summed E-state index contributed by atoms with van der Waals surface area (Å²) in [5.74, 6) is 0.928. The van der Waals surface area contributed by atoms with E-state index in [4.69, 9.17) is 15.2 Å². The first kappa shape index (κ1) is 19.6. The summed E-state index contributed by atoms with van der Waals surface area (Å²) in [6, 6.07) is 9.82. The summed E-state index contributed by atoms with van der Waals surface area (Å²) >= 11 is 1.65. The summed E-state index contributed by atoms with van der Waals surface area (Å²) in [5.41, 5.74) is 6.50. The third-order valence-electron chi connectivity index (χ3n) is 3.82. The quantitative estimate of drug-likeness (QED) is 0.438. The number of hydrogen-bond acceptors (Lipinski definition) is 9. The van der Waals surface area contributed by atoms with Gasteiger partial charge in [0.05, 0.1) is 7.11 Å². The van der Waals surface area contributed by atoms with E-state index in [2.05, 4.69) is 25.6 Å². The maximum absolute atomic E-state index is 11.8. The highest BCUT2D eigenvalue weighted by Crippen LogP contribution is 2.29. The molecule has 0 fully saturated rings. The molecule has 0 aliphatic carbocycles. The monoisotopic (exact) mass is 403 g/mol. The number of nitrogens with two attached hydrogens (primary N) is 1. The van der Waals surface area contributed by atoms with Crippen molar-refractivity contribution < 1.29 is 18.9 Å². The topological polar surface area (TPSA) is 125 Å². The van der Waals surface area contributed by atoms with Crippen LogP contribution in [0.15, 0.2) is 40.3 Å². The average Bonchev–Trinajstić information content (AvgIpc) is 3.37. The lowest BCUT2D eigenvalue weighted by Crippen LogP contribution is -2.32. The van der Waals surface area contributed by atoms with E-state index in [1.54, 1.807) is 18.4 Å². The van der Waals surface area contributed by atoms with Gasteiger partial charge in [0.1, 0.15) is 6.61 Å². The number of nitrogens with zero attached hydrogens (tertiary/aromatic N) is 2. The minimum atomic E-state index is -0.422. The van der Waals surface area contributed by atoms with E-state index >= 15 is 0 Å². The lowest BCUT2D eigenvalue weighted by atomic mass is 10.2. The Kier molecular flexibility index (Phi) is 6.82. The van der Waals surface area contributed by atoms with Crippen LogP contribution in [-0.2, 0) is 13.2 Å². The standard InChI is InChI=1S/C18H21N5O4S/c1-25-15-9-12(4-5-14(15)26-11-13-3-2-8-28-13)10-20-6-7-21-18(24)16-17(19)23-27-22-16/h2-5,8-9,20H,6-7,10-11H2,1H3,(H2,19,23)(H,21,24). The van der Waals surface area contributed by atoms with Crippen molar-refractivity contribution in [3.05, 3.63) is 51.8 Å². The number of nitrogens with one attached hydrogen (secondary N) is 2. The molecule has 3 rings (SSSR count). The van der Waals surface area contributed by atoms with Crippen molar-refractivity contribution in [2.24, 2.45) is 0 Å². The third-order valence-corrected chi connectivity index (χ3v) is 4.67. The van der Waals surface area contributed by atoms with E-state index in [-0.39, 0.29) is 11.5 Å². The van der Waals surface area contributed by atoms with Crippen LogP contribution in [0.3, 0.4) is 0 Å². The molecule has 0 aliphatic rings. The van der Waals surface area contributed by atoms with Crippen LogP contribution in [0.1, 0.15) is 20.9 Å². The molecule has 28 heavy (non-hydrogen) atoms. The molecule has 0 atom stereocenters. The molecule has 2 heterocycles. The molecule has 0 aliphatic heterocycles. The van der Waals surface area contributed by atoms with Gasteiger partial charge in [0.2, 0.25) is 11.5 Å². The Balaban J connectivity index is 1.43. The first-order chi connectivity index (χ1) is 13.7. The highest BCUT2D eigenvalue weighted by Gasteiger charge is 2.14. The van der Waals surface area contributed by atoms with Gasteiger partial charge in [-0.2, -0.15) is 0 Å². The molecule has 3 aromatic rings. The number of nitrogen functional groups attached to an aromatic ring is 1. The van der Waals surface area contributed by atoms with Crippen LogP contribution in [0.5, 0.6) is 11.5 Å². The lowest BCUT2D eigenvalue weighted by molar-refractivity contribution is 0.0944. The second kappa shape index (κ2) is 9.72. The average molecular weight is 403 g/mol. The smallest absolute Gasteiger partial charge is 0.277 e. The Bertz CT molecular complexity index is 897. The zero-order valence-electron chi connectivity index (χ0n) is 15.3. The number of anilines is 1. The Labute approximate surface area is 165 Å². The normalized spacial score (nSPS) is 10.6. The molecule has 1 amide bonds. The molecule has 0 saturated heterocycles. The minimum absolute atomic E-state index is 0.0112. The number of hydrogen-bond donors (Lipinski definition) is 3. The Morgan fingerprint density at radius 2 is 2.14 bits per heavy atom. The fourth-order valence-electron chi connectivity index (χ4n) is 2.42. The Morgan fingerprint density at radius 3 is 2.86 bits per heavy atom. The number of carbonyl (C=O) groups excluding carboxylic acids is 1. The molecular weight excluding hydrogens is 382 g/mol. The van der Waals surface area contributed by atoms with Crippen molar-refractivity contribution >= 4 is 23.1 Å². The summed E-state index contributed by atoms with van der Waals surface area (Å²) in [6.45, 7) is 2.10. The molecule has 9 nitrogen and oxygen atoms in total. The number of ether oxygens (including phenoxy) is 2. The number of amides is 1. The highest BCUT2D eigenvalue weighted by atomic mass is 32.1. The second-order valence-corrected chi connectivity index (χ2v) is 6.82. The first-order valence-corrected chi connectivity index (χ1v) is 9.44. The highest BCUT2D eigenvalue weighted by molar-refractivity contribution is 7.09. The molecule has 148 valence electrons. The van der Waals surface area contributed by atoms with Gasteiger partial charge in [-0.1, -0.05) is 12.1 Å². The molecule has 4 N–H and O–H groups in total. The molecule has 2 aromatic heterocycles. The van der Waals surface area contributed by atoms with Crippen LogP contribution >= 0.6 is 11.3 Å². The van der Waals surface area contributed by atoms with E-state index in [0.29, 0.717) is 37.7 Å². The van der Waals surface area contributed by atoms with Gasteiger partial charge >= 0.3 is 0 Å². The third kappa shape index (κ3) is 5.21. The number of aromatic nitrogens is 2. The van der Waals surface area contributed by atoms with Gasteiger partial charge in [0.25, 0.3) is 5.91 Å². The molecule has 0 spiro atoms. The van der Waals surface area contributed by atoms with Crippen LogP contribution in [0.4, 0.5) is 5.82 Å². The summed E-state index contributed by atoms with van der Waals surface area (Å²) in [4.78, 5) is 13.0. The molecule has 1 aromatic carbocycles. The zero-order valence-corrected chi connectivity index (χ0v) is 16.1. The van der Waals surface area contributed by atoms with Crippen LogP contribution in [-0.4, -0.2) is 36.4 Å². The summed E-state index contributed by atoms with van der Waals surface area (Å²) < 4.78 is 15.7. The van der Waals surface area contributed by atoms with E-state index < -0.39 is 5.91 Å². The van der Waals surface area contributed by atoms with Gasteiger partial charge in [0.15, 0.2) is 11.5 Å². The van der Waals surface area contributed by atoms with Crippen molar-refractivity contribution in [2.75, 3.05) is 25.9 Å². The lowest BCUT2D eigenvalue weighted by Gasteiger charge is -2.12.